The number of piperidine rings is 1. The maximum Gasteiger partial charge on any atom is 0.233 e. The largest absolute Gasteiger partial charge is 0.419 e. The summed E-state index contributed by atoms with van der Waals surface area (Å²) in [5, 5.41) is 5.13. The maximum absolute atomic E-state index is 13.5. The second-order valence-corrected chi connectivity index (χ2v) is 11.8. The van der Waals surface area contributed by atoms with Crippen molar-refractivity contribution in [2.45, 2.75) is 42.1 Å². The Morgan fingerprint density at radius 3 is 2.44 bits per heavy atom. The van der Waals surface area contributed by atoms with Gasteiger partial charge in [-0.25, -0.2) is 12.8 Å². The van der Waals surface area contributed by atoms with Crippen molar-refractivity contribution in [1.82, 2.24) is 9.88 Å². The summed E-state index contributed by atoms with van der Waals surface area (Å²) in [6, 6.07) is 16.5. The number of thiophene rings is 1. The van der Waals surface area contributed by atoms with Crippen LogP contribution in [0, 0.1) is 12.7 Å². The number of halogens is 1. The number of oxazole rings is 1. The smallest absolute Gasteiger partial charge is 0.233 e. The Hall–Kier alpha value is -3.01. The molecular weight excluding hydrogens is 497 g/mol. The molecule has 1 atom stereocenters. The highest BCUT2D eigenvalue weighted by Crippen LogP contribution is 2.34. The molecule has 3 heterocycles. The van der Waals surface area contributed by atoms with Gasteiger partial charge in [0.15, 0.2) is 0 Å². The molecule has 2 aromatic carbocycles. The minimum atomic E-state index is -4.05. The van der Waals surface area contributed by atoms with Crippen molar-refractivity contribution in [3.05, 3.63) is 82.3 Å². The SMILES string of the molecule is Cc1ccc(-c2nc(S(=O)(=O)c3ccc(F)cc3)c(NCC(c3cccs3)N3CCCCC3)o2)cc1. The van der Waals surface area contributed by atoms with E-state index in [2.05, 4.69) is 26.6 Å². The van der Waals surface area contributed by atoms with E-state index < -0.39 is 15.7 Å². The van der Waals surface area contributed by atoms with Gasteiger partial charge in [-0.2, -0.15) is 4.98 Å². The molecule has 36 heavy (non-hydrogen) atoms. The average Bonchev–Trinajstić information content (AvgIpc) is 3.57. The Balaban J connectivity index is 1.51. The highest BCUT2D eigenvalue weighted by molar-refractivity contribution is 7.91. The molecule has 1 unspecified atom stereocenters. The molecule has 0 bridgehead atoms. The van der Waals surface area contributed by atoms with Crippen LogP contribution in [0.4, 0.5) is 10.3 Å². The first-order valence-corrected chi connectivity index (χ1v) is 14.4. The molecule has 0 radical (unpaired) electrons. The second kappa shape index (κ2) is 10.5. The Morgan fingerprint density at radius 1 is 1.06 bits per heavy atom. The molecule has 1 saturated heterocycles. The molecule has 0 saturated carbocycles. The fraction of sp³-hybridized carbons (Fsp3) is 0.296. The quantitative estimate of drug-likeness (QED) is 0.271. The third kappa shape index (κ3) is 5.23. The number of benzene rings is 2. The summed E-state index contributed by atoms with van der Waals surface area (Å²) in [4.78, 5) is 8.02. The highest BCUT2D eigenvalue weighted by atomic mass is 32.2. The lowest BCUT2D eigenvalue weighted by Crippen LogP contribution is -2.36. The minimum Gasteiger partial charge on any atom is -0.419 e. The number of hydrogen-bond acceptors (Lipinski definition) is 7. The zero-order chi connectivity index (χ0) is 25.1. The summed E-state index contributed by atoms with van der Waals surface area (Å²) in [5.74, 6) is -0.203. The normalized spacial score (nSPS) is 15.6. The summed E-state index contributed by atoms with van der Waals surface area (Å²) in [7, 11) is -4.05. The molecule has 5 rings (SSSR count). The first-order valence-electron chi connectivity index (χ1n) is 12.0. The van der Waals surface area contributed by atoms with Crippen molar-refractivity contribution in [2.75, 3.05) is 25.0 Å². The lowest BCUT2D eigenvalue weighted by molar-refractivity contribution is 0.172. The van der Waals surface area contributed by atoms with Gasteiger partial charge in [0.1, 0.15) is 5.82 Å². The molecular formula is C27H28FN3O3S2. The standard InChI is InChI=1S/C27H28FN3O3S2/c1-19-7-9-20(10-8-19)25-30-27(36(32,33)22-13-11-21(28)12-14-22)26(34-25)29-18-23(24-6-5-17-35-24)31-15-3-2-4-16-31/h5-14,17,23,29H,2-4,15-16,18H2,1H3. The third-order valence-electron chi connectivity index (χ3n) is 6.43. The highest BCUT2D eigenvalue weighted by Gasteiger charge is 2.30. The lowest BCUT2D eigenvalue weighted by atomic mass is 10.1. The van der Waals surface area contributed by atoms with Crippen molar-refractivity contribution >= 4 is 27.1 Å². The zero-order valence-electron chi connectivity index (χ0n) is 20.0. The molecule has 2 aromatic heterocycles. The van der Waals surface area contributed by atoms with Crippen molar-refractivity contribution in [1.29, 1.82) is 0 Å². The first-order chi connectivity index (χ1) is 17.4. The van der Waals surface area contributed by atoms with Crippen LogP contribution >= 0.6 is 11.3 Å². The van der Waals surface area contributed by atoms with Crippen LogP contribution in [0.1, 0.15) is 35.7 Å². The van der Waals surface area contributed by atoms with Crippen LogP contribution in [-0.2, 0) is 9.84 Å². The lowest BCUT2D eigenvalue weighted by Gasteiger charge is -2.34. The average molecular weight is 526 g/mol. The fourth-order valence-electron chi connectivity index (χ4n) is 4.45. The Kier molecular flexibility index (Phi) is 7.22. The van der Waals surface area contributed by atoms with Crippen molar-refractivity contribution in [3.8, 4) is 11.5 Å². The van der Waals surface area contributed by atoms with E-state index >= 15 is 0 Å². The Labute approximate surface area is 214 Å². The Bertz CT molecular complexity index is 1390. The summed E-state index contributed by atoms with van der Waals surface area (Å²) in [6.45, 7) is 4.43. The van der Waals surface area contributed by atoms with Crippen LogP contribution in [0.5, 0.6) is 0 Å². The van der Waals surface area contributed by atoms with E-state index in [1.165, 1.54) is 23.4 Å². The van der Waals surface area contributed by atoms with E-state index in [-0.39, 0.29) is 27.7 Å². The van der Waals surface area contributed by atoms with Gasteiger partial charge in [0, 0.05) is 17.0 Å². The van der Waals surface area contributed by atoms with Gasteiger partial charge < -0.3 is 9.73 Å². The first kappa shape index (κ1) is 24.7. The number of anilines is 1. The van der Waals surface area contributed by atoms with E-state index in [0.717, 1.165) is 43.6 Å². The van der Waals surface area contributed by atoms with Crippen LogP contribution < -0.4 is 5.32 Å². The predicted molar refractivity (Wildman–Crippen MR) is 140 cm³/mol. The molecule has 9 heteroatoms. The van der Waals surface area contributed by atoms with E-state index in [9.17, 15) is 12.8 Å². The summed E-state index contributed by atoms with van der Waals surface area (Å²) >= 11 is 1.69. The number of aryl methyl sites for hydroxylation is 1. The van der Waals surface area contributed by atoms with Gasteiger partial charge in [0.2, 0.25) is 26.6 Å². The van der Waals surface area contributed by atoms with E-state index in [0.29, 0.717) is 12.1 Å². The number of aromatic nitrogens is 1. The van der Waals surface area contributed by atoms with Crippen LogP contribution in [0.25, 0.3) is 11.5 Å². The number of hydrogen-bond donors (Lipinski definition) is 1. The molecule has 0 amide bonds. The van der Waals surface area contributed by atoms with Crippen molar-refractivity contribution in [2.24, 2.45) is 0 Å². The number of nitrogens with zero attached hydrogens (tertiary/aromatic N) is 2. The molecule has 0 spiro atoms. The molecule has 1 aliphatic rings. The summed E-state index contributed by atoms with van der Waals surface area (Å²) in [6.07, 6.45) is 3.51. The van der Waals surface area contributed by atoms with E-state index in [1.54, 1.807) is 11.3 Å². The van der Waals surface area contributed by atoms with Crippen LogP contribution in [0.3, 0.4) is 0 Å². The summed E-state index contributed by atoms with van der Waals surface area (Å²) in [5.41, 5.74) is 1.75. The van der Waals surface area contributed by atoms with Crippen molar-refractivity contribution in [3.63, 3.8) is 0 Å². The molecule has 188 valence electrons. The van der Waals surface area contributed by atoms with Gasteiger partial charge in [0.25, 0.3) is 0 Å². The van der Waals surface area contributed by atoms with Gasteiger partial charge in [0.05, 0.1) is 10.9 Å². The molecule has 6 nitrogen and oxygen atoms in total. The minimum absolute atomic E-state index is 0.0402. The van der Waals surface area contributed by atoms with E-state index in [4.69, 9.17) is 4.42 Å². The molecule has 1 aliphatic heterocycles. The second-order valence-electron chi connectivity index (χ2n) is 8.99. The summed E-state index contributed by atoms with van der Waals surface area (Å²) < 4.78 is 46.6. The maximum atomic E-state index is 13.5. The van der Waals surface area contributed by atoms with Crippen molar-refractivity contribution < 1.29 is 17.2 Å². The zero-order valence-corrected chi connectivity index (χ0v) is 21.6. The van der Waals surface area contributed by atoms with Gasteiger partial charge in [-0.15, -0.1) is 11.3 Å². The van der Waals surface area contributed by atoms with Gasteiger partial charge in [-0.1, -0.05) is 30.2 Å². The van der Waals surface area contributed by atoms with Gasteiger partial charge in [-0.05, 0) is 80.7 Å². The fourth-order valence-corrected chi connectivity index (χ4v) is 6.59. The molecule has 1 fully saturated rings. The van der Waals surface area contributed by atoms with Gasteiger partial charge in [-0.3, -0.25) is 4.90 Å². The number of rotatable bonds is 8. The molecule has 4 aromatic rings. The molecule has 1 N–H and O–H groups in total. The number of nitrogens with one attached hydrogen (secondary N) is 1. The molecule has 0 aliphatic carbocycles. The predicted octanol–water partition coefficient (Wildman–Crippen LogP) is 6.32. The van der Waals surface area contributed by atoms with Crippen LogP contribution in [0.15, 0.2) is 80.4 Å². The van der Waals surface area contributed by atoms with E-state index in [1.807, 2.05) is 37.3 Å². The van der Waals surface area contributed by atoms with Gasteiger partial charge >= 0.3 is 0 Å². The van der Waals surface area contributed by atoms with Crippen LogP contribution in [0.2, 0.25) is 0 Å². The third-order valence-corrected chi connectivity index (χ3v) is 9.08. The monoisotopic (exact) mass is 525 g/mol. The number of sulfone groups is 1. The van der Waals surface area contributed by atoms with Crippen LogP contribution in [-0.4, -0.2) is 37.9 Å². The number of likely N-dealkylation sites (tertiary alicyclic amines) is 1. The Morgan fingerprint density at radius 2 is 1.78 bits per heavy atom. The topological polar surface area (TPSA) is 75.4 Å².